The fourth-order valence-corrected chi connectivity index (χ4v) is 15.1. The highest BCUT2D eigenvalue weighted by Gasteiger charge is 2.42. The molecule has 2 aromatic heterocycles. The SMILES string of the molecule is CC1(C)c2cc(-c3ccc(/C=C(\c4ccccc4)c4ccc5c(c4)c4ccccc4n5-c4ccccc4)cc3)ccc2-c2cc3c(cc21)-c1ccc(-c2ccc(/C=C(\c4ccccc4)c4ccc5c(c4)c4ccccc4n5-c4ccccc4)cc2)cc1C3(C)C. The zero-order chi connectivity index (χ0) is 60.2. The third kappa shape index (κ3) is 8.62. The van der Waals surface area contributed by atoms with Crippen LogP contribution >= 0.6 is 0 Å². The molecule has 0 spiro atoms. The van der Waals surface area contributed by atoms with Gasteiger partial charge in [0.05, 0.1) is 22.1 Å². The lowest BCUT2D eigenvalue weighted by Crippen LogP contribution is -2.17. The van der Waals surface area contributed by atoms with Crippen molar-refractivity contribution < 1.29 is 0 Å². The van der Waals surface area contributed by atoms with E-state index in [0.29, 0.717) is 0 Å². The van der Waals surface area contributed by atoms with Crippen LogP contribution in [0.3, 0.4) is 0 Å². The summed E-state index contributed by atoms with van der Waals surface area (Å²) in [5.74, 6) is 0. The van der Waals surface area contributed by atoms with Crippen LogP contribution in [0.5, 0.6) is 0 Å². The van der Waals surface area contributed by atoms with E-state index in [1.807, 2.05) is 0 Å². The van der Waals surface area contributed by atoms with Gasteiger partial charge in [-0.3, -0.25) is 0 Å². The Balaban J connectivity index is 0.654. The number of fused-ring (bicyclic) bond motifs is 12. The third-order valence-electron chi connectivity index (χ3n) is 19.7. The van der Waals surface area contributed by atoms with Gasteiger partial charge in [-0.15, -0.1) is 0 Å². The van der Waals surface area contributed by atoms with E-state index in [1.165, 1.54) is 144 Å². The molecule has 0 saturated heterocycles. The van der Waals surface area contributed by atoms with Gasteiger partial charge >= 0.3 is 0 Å². The average Bonchev–Trinajstić information content (AvgIpc) is 1.56. The molecule has 2 heteroatoms. The van der Waals surface area contributed by atoms with Crippen molar-refractivity contribution in [2.75, 3.05) is 0 Å². The topological polar surface area (TPSA) is 9.86 Å². The Labute approximate surface area is 526 Å². The number of aromatic nitrogens is 2. The molecule has 426 valence electrons. The van der Waals surface area contributed by atoms with E-state index < -0.39 is 0 Å². The molecule has 0 fully saturated rings. The fraction of sp³-hybridized carbons (Fsp3) is 0.0682. The summed E-state index contributed by atoms with van der Waals surface area (Å²) in [5, 5.41) is 4.99. The van der Waals surface area contributed by atoms with Gasteiger partial charge < -0.3 is 9.13 Å². The first-order chi connectivity index (χ1) is 44.1. The van der Waals surface area contributed by atoms with E-state index in [1.54, 1.807) is 0 Å². The second-order valence-electron chi connectivity index (χ2n) is 25.6. The van der Waals surface area contributed by atoms with Crippen molar-refractivity contribution in [3.05, 3.63) is 359 Å². The molecule has 0 N–H and O–H groups in total. The summed E-state index contributed by atoms with van der Waals surface area (Å²) in [5.41, 5.74) is 32.1. The van der Waals surface area contributed by atoms with Crippen LogP contribution in [0.25, 0.3) is 123 Å². The van der Waals surface area contributed by atoms with Crippen molar-refractivity contribution in [3.63, 3.8) is 0 Å². The molecule has 13 aromatic carbocycles. The number of nitrogens with zero attached hydrogens (tertiary/aromatic N) is 2. The first-order valence-corrected chi connectivity index (χ1v) is 31.5. The van der Waals surface area contributed by atoms with Gasteiger partial charge in [0, 0.05) is 43.7 Å². The molecule has 90 heavy (non-hydrogen) atoms. The van der Waals surface area contributed by atoms with Gasteiger partial charge in [0.1, 0.15) is 0 Å². The lowest BCUT2D eigenvalue weighted by molar-refractivity contribution is 0.652. The van der Waals surface area contributed by atoms with Crippen LogP contribution in [0.4, 0.5) is 0 Å². The summed E-state index contributed by atoms with van der Waals surface area (Å²) in [6, 6.07) is 112. The van der Waals surface area contributed by atoms with Gasteiger partial charge in [-0.25, -0.2) is 0 Å². The van der Waals surface area contributed by atoms with E-state index in [-0.39, 0.29) is 10.8 Å². The Morgan fingerprint density at radius 3 is 0.989 bits per heavy atom. The normalized spacial score (nSPS) is 13.9. The van der Waals surface area contributed by atoms with Crippen LogP contribution in [0.15, 0.2) is 303 Å². The van der Waals surface area contributed by atoms with Crippen LogP contribution in [0.2, 0.25) is 0 Å². The van der Waals surface area contributed by atoms with Crippen molar-refractivity contribution in [1.82, 2.24) is 9.13 Å². The van der Waals surface area contributed by atoms with Crippen molar-refractivity contribution >= 4 is 66.9 Å². The quantitative estimate of drug-likeness (QED) is 0.121. The summed E-state index contributed by atoms with van der Waals surface area (Å²) in [7, 11) is 0. The third-order valence-corrected chi connectivity index (χ3v) is 19.7. The zero-order valence-corrected chi connectivity index (χ0v) is 50.9. The molecule has 0 bridgehead atoms. The first kappa shape index (κ1) is 53.2. The van der Waals surface area contributed by atoms with Crippen LogP contribution in [-0.4, -0.2) is 9.13 Å². The van der Waals surface area contributed by atoms with Gasteiger partial charge in [0.2, 0.25) is 0 Å². The van der Waals surface area contributed by atoms with Gasteiger partial charge in [-0.05, 0) is 208 Å². The number of hydrogen-bond donors (Lipinski definition) is 0. The lowest BCUT2D eigenvalue weighted by Gasteiger charge is -2.24. The highest BCUT2D eigenvalue weighted by Crippen LogP contribution is 2.57. The highest BCUT2D eigenvalue weighted by atomic mass is 15.0. The van der Waals surface area contributed by atoms with Crippen molar-refractivity contribution in [3.8, 4) is 55.9 Å². The molecule has 2 nitrogen and oxygen atoms in total. The number of para-hydroxylation sites is 4. The van der Waals surface area contributed by atoms with Crippen molar-refractivity contribution in [2.24, 2.45) is 0 Å². The number of rotatable bonds is 10. The number of hydrogen-bond acceptors (Lipinski definition) is 0. The van der Waals surface area contributed by atoms with Gasteiger partial charge in [0.15, 0.2) is 0 Å². The molecule has 0 atom stereocenters. The van der Waals surface area contributed by atoms with Crippen molar-refractivity contribution in [2.45, 2.75) is 38.5 Å². The molecule has 0 amide bonds. The minimum absolute atomic E-state index is 0.184. The number of benzene rings is 13. The second kappa shape index (κ2) is 20.8. The van der Waals surface area contributed by atoms with E-state index in [4.69, 9.17) is 0 Å². The maximum absolute atomic E-state index is 2.53. The molecule has 17 rings (SSSR count). The molecule has 15 aromatic rings. The van der Waals surface area contributed by atoms with Crippen LogP contribution < -0.4 is 0 Å². The molecule has 0 unspecified atom stereocenters. The predicted octanol–water partition coefficient (Wildman–Crippen LogP) is 23.0. The van der Waals surface area contributed by atoms with Crippen LogP contribution in [0, 0.1) is 0 Å². The smallest absolute Gasteiger partial charge is 0.0541 e. The molecule has 0 saturated carbocycles. The summed E-state index contributed by atoms with van der Waals surface area (Å²) in [6.45, 7) is 9.67. The lowest BCUT2D eigenvalue weighted by atomic mass is 9.79. The maximum Gasteiger partial charge on any atom is 0.0541 e. The van der Waals surface area contributed by atoms with E-state index in [0.717, 1.165) is 22.5 Å². The predicted molar refractivity (Wildman–Crippen MR) is 381 cm³/mol. The maximum atomic E-state index is 2.53. The molecule has 2 aliphatic rings. The zero-order valence-electron chi connectivity index (χ0n) is 50.9. The molecule has 2 heterocycles. The monoisotopic (exact) mass is 1150 g/mol. The second-order valence-corrected chi connectivity index (χ2v) is 25.6. The Kier molecular flexibility index (Phi) is 12.3. The first-order valence-electron chi connectivity index (χ1n) is 31.5. The Hall–Kier alpha value is -11.1. The summed E-state index contributed by atoms with van der Waals surface area (Å²) >= 11 is 0. The van der Waals surface area contributed by atoms with Gasteiger partial charge in [0.25, 0.3) is 0 Å². The Morgan fingerprint density at radius 1 is 0.256 bits per heavy atom. The van der Waals surface area contributed by atoms with E-state index in [9.17, 15) is 0 Å². The van der Waals surface area contributed by atoms with Crippen LogP contribution in [-0.2, 0) is 10.8 Å². The minimum Gasteiger partial charge on any atom is -0.309 e. The Morgan fingerprint density at radius 2 is 0.589 bits per heavy atom. The standard InChI is InChI=1S/C88H64N2/c1-87(2)79-53-63(59-37-33-57(34-38-59)49-73(61-21-9-5-10-22-61)65-43-47-85-77(51-65)71-29-17-19-31-83(71)89(85)67-25-13-7-14-26-67)41-45-69(79)75-56-82-76(55-81(75)87)70-46-42-64(54-80(70)88(82,3)4)60-39-35-58(36-40-60)50-74(62-23-11-6-12-24-62)66-44-48-86-78(52-66)72-30-18-20-32-84(72)90(86)68-27-15-8-16-28-68/h5-56H,1-4H3/b73-49+,74-50+. The van der Waals surface area contributed by atoms with Gasteiger partial charge in [-0.2, -0.15) is 0 Å². The average molecular weight is 1150 g/mol. The van der Waals surface area contributed by atoms with E-state index >= 15 is 0 Å². The van der Waals surface area contributed by atoms with Crippen LogP contribution in [0.1, 0.15) is 83.3 Å². The van der Waals surface area contributed by atoms with Gasteiger partial charge in [-0.1, -0.05) is 246 Å². The Bertz CT molecular complexity index is 5060. The van der Waals surface area contributed by atoms with E-state index in [2.05, 4.69) is 352 Å². The van der Waals surface area contributed by atoms with Crippen molar-refractivity contribution in [1.29, 1.82) is 0 Å². The molecule has 0 aliphatic heterocycles. The summed E-state index contributed by atoms with van der Waals surface area (Å²) in [4.78, 5) is 0. The molecule has 2 aliphatic carbocycles. The highest BCUT2D eigenvalue weighted by molar-refractivity contribution is 6.12. The summed E-state index contributed by atoms with van der Waals surface area (Å²) in [6.07, 6.45) is 4.71. The summed E-state index contributed by atoms with van der Waals surface area (Å²) < 4.78 is 4.77. The molecular weight excluding hydrogens is 1080 g/mol. The fourth-order valence-electron chi connectivity index (χ4n) is 15.1. The largest absolute Gasteiger partial charge is 0.309 e. The minimum atomic E-state index is -0.184. The molecule has 0 radical (unpaired) electrons. The molecular formula is C88H64N2.